The first-order valence-electron chi connectivity index (χ1n) is 19.5. The minimum atomic E-state index is -2.49. The first-order valence-corrected chi connectivity index (χ1v) is 21.6. The number of ketones is 1. The molecule has 2 heterocycles. The number of aliphatic hydroxyl groups excluding tert-OH is 1. The van der Waals surface area contributed by atoms with Crippen LogP contribution in [0.25, 0.3) is 33.0 Å². The number of aliphatic hydroxyl groups is 1. The maximum absolute atomic E-state index is 11.7. The van der Waals surface area contributed by atoms with Crippen molar-refractivity contribution in [1.82, 2.24) is 4.98 Å². The monoisotopic (exact) mass is 915 g/mol. The number of aromatic nitrogens is 1. The van der Waals surface area contributed by atoms with E-state index in [0.29, 0.717) is 11.5 Å². The predicted octanol–water partition coefficient (Wildman–Crippen LogP) is 11.3. The average Bonchev–Trinajstić information content (AvgIpc) is 3.61. The van der Waals surface area contributed by atoms with Crippen LogP contribution < -0.4 is 15.8 Å². The summed E-state index contributed by atoms with van der Waals surface area (Å²) in [7, 11) is -2.49. The molecule has 6 rings (SSSR count). The number of carbonyl (C=O) groups is 1. The summed E-state index contributed by atoms with van der Waals surface area (Å²) in [4.78, 5) is 16.6. The van der Waals surface area contributed by atoms with Crippen molar-refractivity contribution in [1.29, 1.82) is 0 Å². The van der Waals surface area contributed by atoms with Gasteiger partial charge >= 0.3 is 0 Å². The summed E-state index contributed by atoms with van der Waals surface area (Å²) < 4.78 is 6.98. The maximum Gasteiger partial charge on any atom is 0.195 e. The minimum absolute atomic E-state index is 0. The van der Waals surface area contributed by atoms with E-state index in [1.807, 2.05) is 33.9 Å². The van der Waals surface area contributed by atoms with Crippen molar-refractivity contribution in [3.63, 3.8) is 0 Å². The van der Waals surface area contributed by atoms with Crippen LogP contribution in [-0.2, 0) is 24.9 Å². The molecule has 54 heavy (non-hydrogen) atoms. The molecule has 0 aliphatic heterocycles. The van der Waals surface area contributed by atoms with Crippen molar-refractivity contribution in [2.75, 3.05) is 0 Å². The molecule has 0 atom stereocenters. The number of carbonyl (C=O) groups excluding carboxylic acids is 1. The number of rotatable bonds is 13. The number of pyridine rings is 1. The van der Waals surface area contributed by atoms with E-state index < -0.39 is 8.07 Å². The molecule has 0 saturated heterocycles. The van der Waals surface area contributed by atoms with Gasteiger partial charge in [-0.05, 0) is 59.6 Å². The van der Waals surface area contributed by atoms with E-state index in [1.165, 1.54) is 27.4 Å². The summed E-state index contributed by atoms with van der Waals surface area (Å²) in [5, 5.41) is 17.0. The Balaban J connectivity index is 0.000000347. The van der Waals surface area contributed by atoms with E-state index in [4.69, 9.17) is 9.40 Å². The number of nitrogens with zero attached hydrogens (tertiary/aromatic N) is 1. The van der Waals surface area contributed by atoms with Gasteiger partial charge in [0.2, 0.25) is 0 Å². The molecule has 0 spiro atoms. The summed E-state index contributed by atoms with van der Waals surface area (Å²) in [5.74, 6) is 0.933. The summed E-state index contributed by atoms with van der Waals surface area (Å²) in [6, 6.07) is 40.6. The molecule has 4 aromatic carbocycles. The fourth-order valence-electron chi connectivity index (χ4n) is 7.80. The molecule has 4 nitrogen and oxygen atoms in total. The van der Waals surface area contributed by atoms with Crippen LogP contribution in [-0.4, -0.2) is 23.9 Å². The molecule has 6 aromatic rings. The minimum Gasteiger partial charge on any atom is -0.512 e. The van der Waals surface area contributed by atoms with Crippen LogP contribution in [0.5, 0.6) is 0 Å². The SMILES string of the molecule is CC(C)c1cc(-c2nccc3cc([Si](c4ccccc4)(c4ccccc4)C(C)C)oc23)[c-]c2ccccc12.CCC(CC)C(=O)/C=C(\O)C(CC)CC.[Ir]. The number of allylic oxidation sites excluding steroid dienone is 2. The molecule has 0 bridgehead atoms. The molecule has 285 valence electrons. The molecule has 0 aliphatic rings. The maximum atomic E-state index is 11.7. The molecule has 1 N–H and O–H groups in total. The largest absolute Gasteiger partial charge is 0.512 e. The number of hydrogen-bond acceptors (Lipinski definition) is 4. The van der Waals surface area contributed by atoms with Gasteiger partial charge in [0.1, 0.15) is 5.58 Å². The fraction of sp³-hybridized carbons (Fsp3) is 0.333. The Bertz CT molecular complexity index is 2090. The molecule has 0 unspecified atom stereocenters. The van der Waals surface area contributed by atoms with Crippen molar-refractivity contribution in [2.45, 2.75) is 92.5 Å². The van der Waals surface area contributed by atoms with Crippen LogP contribution in [0, 0.1) is 17.9 Å². The Morgan fingerprint density at radius 1 is 0.778 bits per heavy atom. The summed E-state index contributed by atoms with van der Waals surface area (Å²) >= 11 is 0. The number of benzene rings is 4. The number of furan rings is 1. The Labute approximate surface area is 337 Å². The van der Waals surface area contributed by atoms with E-state index in [2.05, 4.69) is 137 Å². The van der Waals surface area contributed by atoms with Crippen LogP contribution in [0.4, 0.5) is 0 Å². The fourth-order valence-corrected chi connectivity index (χ4v) is 12.7. The van der Waals surface area contributed by atoms with Gasteiger partial charge in [0.15, 0.2) is 13.9 Å². The molecular formula is C48H56IrNO3Si-. The second-order valence-corrected chi connectivity index (χ2v) is 19.1. The Hall–Kier alpha value is -4.09. The van der Waals surface area contributed by atoms with E-state index in [1.54, 1.807) is 0 Å². The third-order valence-corrected chi connectivity index (χ3v) is 16.2. The number of hydrogen-bond donors (Lipinski definition) is 1. The van der Waals surface area contributed by atoms with E-state index in [9.17, 15) is 9.90 Å². The van der Waals surface area contributed by atoms with Crippen molar-refractivity contribution in [2.24, 2.45) is 11.8 Å². The molecule has 0 aliphatic carbocycles. The third-order valence-electron chi connectivity index (χ3n) is 10.9. The molecule has 1 radical (unpaired) electrons. The molecular weight excluding hydrogens is 859 g/mol. The van der Waals surface area contributed by atoms with Crippen molar-refractivity contribution in [3.05, 3.63) is 133 Å². The second kappa shape index (κ2) is 19.5. The zero-order chi connectivity index (χ0) is 38.1. The molecule has 2 aromatic heterocycles. The first kappa shape index (κ1) is 42.6. The summed E-state index contributed by atoms with van der Waals surface area (Å²) in [6.07, 6.45) is 6.81. The van der Waals surface area contributed by atoms with Gasteiger partial charge in [-0.15, -0.1) is 29.1 Å². The van der Waals surface area contributed by atoms with Gasteiger partial charge in [-0.25, -0.2) is 0 Å². The van der Waals surface area contributed by atoms with Gasteiger partial charge in [0.25, 0.3) is 0 Å². The quantitative estimate of drug-likeness (QED) is 0.0543. The van der Waals surface area contributed by atoms with Crippen LogP contribution in [0.15, 0.2) is 126 Å². The van der Waals surface area contributed by atoms with Crippen LogP contribution in [0.1, 0.15) is 92.6 Å². The average molecular weight is 915 g/mol. The standard InChI is InChI=1S/C35H32NOSi.C13H24O2.Ir/c1-24(2)32-22-28(21-26-13-11-12-18-31(26)32)34-35-27(19-20-36-34)23-33(37-35)38(25(3)4,29-14-7-5-8-15-29)30-16-9-6-10-17-30;1-5-10(6-2)12(14)9-13(15)11(7-3)8-4;/h5-20,22-25H,1-4H3;9-11,14H,5-8H2,1-4H3;/q-1;;/b;12-9-;. The predicted molar refractivity (Wildman–Crippen MR) is 226 cm³/mol. The van der Waals surface area contributed by atoms with E-state index >= 15 is 0 Å². The molecule has 0 amide bonds. The molecule has 0 fully saturated rings. The van der Waals surface area contributed by atoms with Gasteiger partial charge in [-0.3, -0.25) is 9.78 Å². The van der Waals surface area contributed by atoms with Gasteiger partial charge in [-0.1, -0.05) is 145 Å². The van der Waals surface area contributed by atoms with Crippen LogP contribution in [0.2, 0.25) is 5.54 Å². The van der Waals surface area contributed by atoms with Gasteiger partial charge in [0.05, 0.1) is 11.1 Å². The van der Waals surface area contributed by atoms with E-state index in [-0.39, 0.29) is 43.5 Å². The van der Waals surface area contributed by atoms with Crippen molar-refractivity contribution in [3.8, 4) is 11.3 Å². The first-order chi connectivity index (χ1) is 25.6. The topological polar surface area (TPSA) is 63.3 Å². The molecule has 0 saturated carbocycles. The normalized spacial score (nSPS) is 12.0. The Morgan fingerprint density at radius 2 is 1.33 bits per heavy atom. The van der Waals surface area contributed by atoms with Gasteiger partial charge < -0.3 is 9.52 Å². The summed E-state index contributed by atoms with van der Waals surface area (Å²) in [5.41, 5.74) is 4.36. The van der Waals surface area contributed by atoms with Gasteiger partial charge in [-0.2, -0.15) is 0 Å². The second-order valence-electron chi connectivity index (χ2n) is 14.7. The third kappa shape index (κ3) is 8.89. The van der Waals surface area contributed by atoms with Gasteiger partial charge in [0, 0.05) is 55.3 Å². The van der Waals surface area contributed by atoms with Crippen molar-refractivity contribution < 1.29 is 34.4 Å². The van der Waals surface area contributed by atoms with Crippen LogP contribution in [0.3, 0.4) is 0 Å². The van der Waals surface area contributed by atoms with Crippen molar-refractivity contribution >= 4 is 51.4 Å². The molecule has 6 heteroatoms. The summed E-state index contributed by atoms with van der Waals surface area (Å²) in [6.45, 7) is 17.2. The Kier molecular flexibility index (Phi) is 15.4. The zero-order valence-corrected chi connectivity index (χ0v) is 36.5. The smallest absolute Gasteiger partial charge is 0.195 e. The van der Waals surface area contributed by atoms with E-state index in [0.717, 1.165) is 58.7 Å². The Morgan fingerprint density at radius 3 is 1.87 bits per heavy atom. The van der Waals surface area contributed by atoms with Crippen LogP contribution >= 0.6 is 0 Å². The number of fused-ring (bicyclic) bond motifs is 2. The zero-order valence-electron chi connectivity index (χ0n) is 33.2.